The molecule has 0 aliphatic carbocycles. The minimum absolute atomic E-state index is 0.556. The standard InChI is InChI=1S/2C18H25.C2H6Si.2ClH.Ti/c2*1-6-7-14-8-16-10-15(12(2)3)11-17(13(4)5)18(16)9-14;1-3-2;;;/h2*8-13H,6-7H2,1-5H3;1-2H3;2*1H;/q2*-1;;;;+2/p-2. The van der Waals surface area contributed by atoms with Crippen LogP contribution in [0.4, 0.5) is 0 Å². The van der Waals surface area contributed by atoms with Crippen LogP contribution in [0.3, 0.4) is 0 Å². The van der Waals surface area contributed by atoms with Gasteiger partial charge in [0.25, 0.3) is 0 Å². The van der Waals surface area contributed by atoms with E-state index in [1.165, 1.54) is 80.6 Å². The SMILES string of the molecule is CCCc1cc2c(C(C)C)cc(C(C)C)cc2[cH-]1.CCCc1cc2c(C(C)C)cc(C(C)C)cc2[cH-]1.C[Si]C.[Cl][Ti][Cl]. The van der Waals surface area contributed by atoms with Gasteiger partial charge in [-0.15, -0.1) is 56.9 Å². The Morgan fingerprint density at radius 3 is 1.14 bits per heavy atom. The summed E-state index contributed by atoms with van der Waals surface area (Å²) in [7, 11) is 10.9. The number of rotatable bonds is 8. The number of hydrogen-bond donors (Lipinski definition) is 0. The summed E-state index contributed by atoms with van der Waals surface area (Å²) < 4.78 is 0. The van der Waals surface area contributed by atoms with E-state index in [1.807, 2.05) is 0 Å². The van der Waals surface area contributed by atoms with E-state index in [0.29, 0.717) is 23.7 Å². The van der Waals surface area contributed by atoms with Crippen LogP contribution in [-0.4, -0.2) is 9.52 Å². The van der Waals surface area contributed by atoms with Crippen molar-refractivity contribution in [2.45, 2.75) is 132 Å². The van der Waals surface area contributed by atoms with Crippen LogP contribution in [0, 0.1) is 0 Å². The maximum atomic E-state index is 4.89. The predicted octanol–water partition coefficient (Wildman–Crippen LogP) is 13.7. The molecular formula is C38H56Cl2SiTi-2. The van der Waals surface area contributed by atoms with E-state index in [1.54, 1.807) is 0 Å². The Balaban J connectivity index is 0.000000354. The predicted molar refractivity (Wildman–Crippen MR) is 193 cm³/mol. The molecule has 0 bridgehead atoms. The van der Waals surface area contributed by atoms with Crippen molar-refractivity contribution in [3.05, 3.63) is 81.9 Å². The van der Waals surface area contributed by atoms with Crippen molar-refractivity contribution < 1.29 is 17.0 Å². The van der Waals surface area contributed by atoms with E-state index >= 15 is 0 Å². The molecule has 0 fully saturated rings. The number of halogens is 2. The van der Waals surface area contributed by atoms with Gasteiger partial charge in [-0.3, -0.25) is 0 Å². The van der Waals surface area contributed by atoms with Crippen LogP contribution >= 0.6 is 18.6 Å². The third-order valence-corrected chi connectivity index (χ3v) is 7.53. The van der Waals surface area contributed by atoms with Crippen molar-refractivity contribution in [1.82, 2.24) is 0 Å². The average Bonchev–Trinajstić information content (AvgIpc) is 3.52. The van der Waals surface area contributed by atoms with Gasteiger partial charge in [-0.25, -0.2) is 0 Å². The van der Waals surface area contributed by atoms with Gasteiger partial charge in [0.15, 0.2) is 0 Å². The molecule has 232 valence electrons. The molecule has 0 heterocycles. The summed E-state index contributed by atoms with van der Waals surface area (Å²) in [6.07, 6.45) is 4.85. The van der Waals surface area contributed by atoms with E-state index in [9.17, 15) is 0 Å². The number of benzene rings is 2. The van der Waals surface area contributed by atoms with Gasteiger partial charge in [0.1, 0.15) is 0 Å². The van der Waals surface area contributed by atoms with Gasteiger partial charge in [0.2, 0.25) is 0 Å². The summed E-state index contributed by atoms with van der Waals surface area (Å²) in [6, 6.07) is 19.2. The molecule has 0 saturated carbocycles. The van der Waals surface area contributed by atoms with Gasteiger partial charge < -0.3 is 0 Å². The van der Waals surface area contributed by atoms with Crippen LogP contribution in [0.5, 0.6) is 0 Å². The van der Waals surface area contributed by atoms with Gasteiger partial charge in [0, 0.05) is 9.52 Å². The molecule has 0 unspecified atom stereocenters. The van der Waals surface area contributed by atoms with Crippen molar-refractivity contribution >= 4 is 49.7 Å². The molecule has 0 spiro atoms. The van der Waals surface area contributed by atoms with Gasteiger partial charge >= 0.3 is 35.6 Å². The van der Waals surface area contributed by atoms with Gasteiger partial charge in [-0.1, -0.05) is 130 Å². The maximum absolute atomic E-state index is 4.89. The van der Waals surface area contributed by atoms with E-state index in [0.717, 1.165) is 9.52 Å². The molecule has 0 aromatic heterocycles. The first kappa shape index (κ1) is 39.2. The molecule has 0 atom stereocenters. The Morgan fingerprint density at radius 1 is 0.595 bits per heavy atom. The fourth-order valence-corrected chi connectivity index (χ4v) is 5.36. The number of fused-ring (bicyclic) bond motifs is 2. The first-order valence-corrected chi connectivity index (χ1v) is 22.2. The second-order valence-electron chi connectivity index (χ2n) is 12.6. The van der Waals surface area contributed by atoms with Crippen LogP contribution in [0.1, 0.15) is 139 Å². The van der Waals surface area contributed by atoms with Crippen LogP contribution in [-0.2, 0) is 29.9 Å². The van der Waals surface area contributed by atoms with Crippen molar-refractivity contribution in [2.24, 2.45) is 0 Å². The minimum atomic E-state index is -0.556. The molecule has 4 aromatic carbocycles. The normalized spacial score (nSPS) is 11.0. The number of hydrogen-bond acceptors (Lipinski definition) is 0. The van der Waals surface area contributed by atoms with Crippen molar-refractivity contribution in [3.8, 4) is 0 Å². The monoisotopic (exact) mass is 658 g/mol. The Bertz CT molecular complexity index is 1210. The molecule has 4 rings (SSSR count). The van der Waals surface area contributed by atoms with E-state index in [2.05, 4.69) is 131 Å². The van der Waals surface area contributed by atoms with Gasteiger partial charge in [0.05, 0.1) is 0 Å². The molecule has 42 heavy (non-hydrogen) atoms. The van der Waals surface area contributed by atoms with Crippen molar-refractivity contribution in [2.75, 3.05) is 0 Å². The van der Waals surface area contributed by atoms with Crippen LogP contribution < -0.4 is 0 Å². The van der Waals surface area contributed by atoms with Crippen LogP contribution in [0.15, 0.2) is 48.5 Å². The molecule has 0 saturated heterocycles. The second-order valence-corrected chi connectivity index (χ2v) is 16.2. The molecule has 0 amide bonds. The summed E-state index contributed by atoms with van der Waals surface area (Å²) in [4.78, 5) is 0. The first-order valence-electron chi connectivity index (χ1n) is 15.9. The zero-order valence-corrected chi connectivity index (χ0v) is 32.6. The zero-order chi connectivity index (χ0) is 32.0. The molecule has 4 heteroatoms. The van der Waals surface area contributed by atoms with Gasteiger partial charge in [-0.05, 0) is 36.5 Å². The zero-order valence-electron chi connectivity index (χ0n) is 28.5. The summed E-state index contributed by atoms with van der Waals surface area (Å²) >= 11 is -0.556. The molecule has 0 aliphatic heterocycles. The number of aryl methyl sites for hydroxylation is 2. The first-order chi connectivity index (χ1) is 19.9. The summed E-state index contributed by atoms with van der Waals surface area (Å²) in [5.41, 5.74) is 8.96. The molecule has 0 N–H and O–H groups in total. The van der Waals surface area contributed by atoms with E-state index < -0.39 is 17.0 Å². The average molecular weight is 660 g/mol. The third-order valence-electron chi connectivity index (χ3n) is 7.53. The Labute approximate surface area is 278 Å². The fourth-order valence-electron chi connectivity index (χ4n) is 5.36. The van der Waals surface area contributed by atoms with Crippen LogP contribution in [0.2, 0.25) is 13.1 Å². The fraction of sp³-hybridized carbons (Fsp3) is 0.526. The Kier molecular flexibility index (Phi) is 18.9. The summed E-state index contributed by atoms with van der Waals surface area (Å²) in [6.45, 7) is 27.1. The van der Waals surface area contributed by atoms with Crippen molar-refractivity contribution in [3.63, 3.8) is 0 Å². The molecular weight excluding hydrogens is 603 g/mol. The quantitative estimate of drug-likeness (QED) is 0.130. The van der Waals surface area contributed by atoms with Crippen molar-refractivity contribution in [1.29, 1.82) is 0 Å². The summed E-state index contributed by atoms with van der Waals surface area (Å²) in [5.74, 6) is 2.42. The van der Waals surface area contributed by atoms with E-state index in [4.69, 9.17) is 18.6 Å². The topological polar surface area (TPSA) is 0 Å². The Hall–Kier alpha value is -0.829. The molecule has 0 nitrogen and oxygen atoms in total. The van der Waals surface area contributed by atoms with E-state index in [-0.39, 0.29) is 0 Å². The van der Waals surface area contributed by atoms with Gasteiger partial charge in [-0.2, -0.15) is 12.1 Å². The molecule has 2 radical (unpaired) electrons. The van der Waals surface area contributed by atoms with Crippen LogP contribution in [0.25, 0.3) is 21.5 Å². The second kappa shape index (κ2) is 20.2. The molecule has 4 aromatic rings. The summed E-state index contributed by atoms with van der Waals surface area (Å²) in [5, 5.41) is 5.82. The molecule has 0 aliphatic rings. The Morgan fingerprint density at radius 2 is 0.905 bits per heavy atom. The third kappa shape index (κ3) is 11.9.